The van der Waals surface area contributed by atoms with Gasteiger partial charge >= 0.3 is 5.97 Å². The molecule has 1 atom stereocenters. The molecule has 0 fully saturated rings. The van der Waals surface area contributed by atoms with Crippen LogP contribution in [0.2, 0.25) is 0 Å². The first-order valence-electron chi connectivity index (χ1n) is 7.62. The molecule has 2 aromatic rings. The lowest BCUT2D eigenvalue weighted by atomic mass is 10.00. The minimum Gasteiger partial charge on any atom is -0.497 e. The fraction of sp³-hybridized carbons (Fsp3) is 0.316. The van der Waals surface area contributed by atoms with Crippen molar-refractivity contribution in [3.8, 4) is 11.5 Å². The van der Waals surface area contributed by atoms with Gasteiger partial charge in [-0.1, -0.05) is 44.2 Å². The summed E-state index contributed by atoms with van der Waals surface area (Å²) >= 11 is 0. The molecule has 0 amide bonds. The lowest BCUT2D eigenvalue weighted by Crippen LogP contribution is -2.29. The summed E-state index contributed by atoms with van der Waals surface area (Å²) in [6, 6.07) is 14.9. The van der Waals surface area contributed by atoms with E-state index < -0.39 is 12.1 Å². The molecule has 1 unspecified atom stereocenters. The van der Waals surface area contributed by atoms with E-state index in [4.69, 9.17) is 9.47 Å². The summed E-state index contributed by atoms with van der Waals surface area (Å²) in [5, 5.41) is 9.41. The van der Waals surface area contributed by atoms with Crippen molar-refractivity contribution in [2.24, 2.45) is 0 Å². The summed E-state index contributed by atoms with van der Waals surface area (Å²) in [5.74, 6) is 0.580. The van der Waals surface area contributed by atoms with Crippen LogP contribution in [-0.4, -0.2) is 24.3 Å². The van der Waals surface area contributed by atoms with E-state index in [1.165, 1.54) is 5.56 Å². The SMILES string of the molecule is COc1cccc(OC(Cc2ccc(C(C)C)cc2)C(=O)O)c1. The van der Waals surface area contributed by atoms with Crippen LogP contribution in [0, 0.1) is 0 Å². The molecule has 2 rings (SSSR count). The smallest absolute Gasteiger partial charge is 0.345 e. The number of carbonyl (C=O) groups is 1. The molecule has 0 aliphatic heterocycles. The van der Waals surface area contributed by atoms with Gasteiger partial charge in [-0.15, -0.1) is 0 Å². The zero-order valence-corrected chi connectivity index (χ0v) is 13.7. The average Bonchev–Trinajstić information content (AvgIpc) is 2.54. The fourth-order valence-corrected chi connectivity index (χ4v) is 2.27. The second-order valence-electron chi connectivity index (χ2n) is 5.72. The van der Waals surface area contributed by atoms with Crippen LogP contribution >= 0.6 is 0 Å². The summed E-state index contributed by atoms with van der Waals surface area (Å²) in [5.41, 5.74) is 2.17. The molecule has 0 aliphatic carbocycles. The fourth-order valence-electron chi connectivity index (χ4n) is 2.27. The minimum atomic E-state index is -0.985. The van der Waals surface area contributed by atoms with Crippen LogP contribution in [0.15, 0.2) is 48.5 Å². The van der Waals surface area contributed by atoms with Crippen LogP contribution in [-0.2, 0) is 11.2 Å². The molecule has 0 saturated heterocycles. The second-order valence-corrected chi connectivity index (χ2v) is 5.72. The van der Waals surface area contributed by atoms with Gasteiger partial charge in [-0.2, -0.15) is 0 Å². The van der Waals surface area contributed by atoms with Gasteiger partial charge in [0.2, 0.25) is 0 Å². The van der Waals surface area contributed by atoms with E-state index in [1.807, 2.05) is 24.3 Å². The Labute approximate surface area is 136 Å². The largest absolute Gasteiger partial charge is 0.497 e. The predicted octanol–water partition coefficient (Wildman–Crippen LogP) is 3.89. The quantitative estimate of drug-likeness (QED) is 0.842. The third-order valence-electron chi connectivity index (χ3n) is 3.66. The number of rotatable bonds is 7. The van der Waals surface area contributed by atoms with Gasteiger partial charge in [-0.05, 0) is 29.2 Å². The minimum absolute atomic E-state index is 0.310. The third kappa shape index (κ3) is 4.74. The monoisotopic (exact) mass is 314 g/mol. The Bertz CT molecular complexity index is 647. The van der Waals surface area contributed by atoms with E-state index in [9.17, 15) is 9.90 Å². The first kappa shape index (κ1) is 16.9. The van der Waals surface area contributed by atoms with Gasteiger partial charge in [-0.25, -0.2) is 4.79 Å². The van der Waals surface area contributed by atoms with Crippen molar-refractivity contribution >= 4 is 5.97 Å². The predicted molar refractivity (Wildman–Crippen MR) is 89.3 cm³/mol. The van der Waals surface area contributed by atoms with Gasteiger partial charge in [0.1, 0.15) is 11.5 Å². The van der Waals surface area contributed by atoms with E-state index in [2.05, 4.69) is 13.8 Å². The molecule has 0 saturated carbocycles. The summed E-state index contributed by atoms with van der Waals surface area (Å²) < 4.78 is 10.7. The van der Waals surface area contributed by atoms with Crippen LogP contribution < -0.4 is 9.47 Å². The van der Waals surface area contributed by atoms with E-state index in [0.29, 0.717) is 23.8 Å². The topological polar surface area (TPSA) is 55.8 Å². The molecule has 0 bridgehead atoms. The maximum Gasteiger partial charge on any atom is 0.345 e. The van der Waals surface area contributed by atoms with Crippen molar-refractivity contribution < 1.29 is 19.4 Å². The van der Waals surface area contributed by atoms with E-state index in [-0.39, 0.29) is 0 Å². The first-order valence-corrected chi connectivity index (χ1v) is 7.62. The van der Waals surface area contributed by atoms with Crippen molar-refractivity contribution in [3.63, 3.8) is 0 Å². The number of ether oxygens (including phenoxy) is 2. The van der Waals surface area contributed by atoms with Gasteiger partial charge < -0.3 is 14.6 Å². The lowest BCUT2D eigenvalue weighted by Gasteiger charge is -2.16. The Kier molecular flexibility index (Phi) is 5.63. The molecule has 122 valence electrons. The Balaban J connectivity index is 2.10. The zero-order valence-electron chi connectivity index (χ0n) is 13.7. The average molecular weight is 314 g/mol. The van der Waals surface area contributed by atoms with Gasteiger partial charge in [0, 0.05) is 12.5 Å². The van der Waals surface area contributed by atoms with Crippen LogP contribution in [0.5, 0.6) is 11.5 Å². The van der Waals surface area contributed by atoms with Crippen LogP contribution in [0.25, 0.3) is 0 Å². The van der Waals surface area contributed by atoms with Crippen molar-refractivity contribution in [2.45, 2.75) is 32.3 Å². The van der Waals surface area contributed by atoms with Crippen LogP contribution in [0.4, 0.5) is 0 Å². The Morgan fingerprint density at radius 2 is 1.74 bits per heavy atom. The normalized spacial score (nSPS) is 12.0. The molecule has 4 nitrogen and oxygen atoms in total. The number of benzene rings is 2. The van der Waals surface area contributed by atoms with E-state index in [0.717, 1.165) is 5.56 Å². The number of hydrogen-bond donors (Lipinski definition) is 1. The molecule has 23 heavy (non-hydrogen) atoms. The van der Waals surface area contributed by atoms with Crippen LogP contribution in [0.1, 0.15) is 30.9 Å². The molecule has 0 spiro atoms. The van der Waals surface area contributed by atoms with Crippen molar-refractivity contribution in [1.29, 1.82) is 0 Å². The number of carboxylic acid groups (broad SMARTS) is 1. The Morgan fingerprint density at radius 1 is 1.09 bits per heavy atom. The standard InChI is InChI=1S/C19H22O4/c1-13(2)15-9-7-14(8-10-15)11-18(19(20)21)23-17-6-4-5-16(12-17)22-3/h4-10,12-13,18H,11H2,1-3H3,(H,20,21). The zero-order chi connectivity index (χ0) is 16.8. The maximum atomic E-state index is 11.5. The van der Waals surface area contributed by atoms with Crippen molar-refractivity contribution in [1.82, 2.24) is 0 Å². The summed E-state index contributed by atoms with van der Waals surface area (Å²) in [7, 11) is 1.56. The highest BCUT2D eigenvalue weighted by atomic mass is 16.5. The van der Waals surface area contributed by atoms with Gasteiger partial charge in [-0.3, -0.25) is 0 Å². The summed E-state index contributed by atoms with van der Waals surface area (Å²) in [6.07, 6.45) is -0.628. The molecule has 2 aromatic carbocycles. The number of hydrogen-bond acceptors (Lipinski definition) is 3. The van der Waals surface area contributed by atoms with Crippen molar-refractivity contribution in [2.75, 3.05) is 7.11 Å². The van der Waals surface area contributed by atoms with Crippen LogP contribution in [0.3, 0.4) is 0 Å². The molecular formula is C19H22O4. The Morgan fingerprint density at radius 3 is 2.30 bits per heavy atom. The Hall–Kier alpha value is -2.49. The number of aliphatic carboxylic acids is 1. The lowest BCUT2D eigenvalue weighted by molar-refractivity contribution is -0.145. The van der Waals surface area contributed by atoms with E-state index in [1.54, 1.807) is 31.4 Å². The third-order valence-corrected chi connectivity index (χ3v) is 3.66. The van der Waals surface area contributed by atoms with Gasteiger partial charge in [0.15, 0.2) is 6.10 Å². The molecule has 0 aromatic heterocycles. The highest BCUT2D eigenvalue weighted by molar-refractivity contribution is 5.73. The first-order chi connectivity index (χ1) is 11.0. The molecule has 1 N–H and O–H groups in total. The van der Waals surface area contributed by atoms with Crippen molar-refractivity contribution in [3.05, 3.63) is 59.7 Å². The van der Waals surface area contributed by atoms with Gasteiger partial charge in [0.25, 0.3) is 0 Å². The number of carboxylic acids is 1. The molecular weight excluding hydrogens is 292 g/mol. The summed E-state index contributed by atoms with van der Waals surface area (Å²) in [4.78, 5) is 11.5. The highest BCUT2D eigenvalue weighted by Gasteiger charge is 2.20. The molecule has 4 heteroatoms. The van der Waals surface area contributed by atoms with E-state index >= 15 is 0 Å². The number of methoxy groups -OCH3 is 1. The molecule has 0 radical (unpaired) electrons. The highest BCUT2D eigenvalue weighted by Crippen LogP contribution is 2.22. The molecule has 0 aliphatic rings. The maximum absolute atomic E-state index is 11.5. The second kappa shape index (κ2) is 7.68. The van der Waals surface area contributed by atoms with Gasteiger partial charge in [0.05, 0.1) is 7.11 Å². The molecule has 0 heterocycles. The summed E-state index contributed by atoms with van der Waals surface area (Å²) in [6.45, 7) is 4.25.